The largest absolute Gasteiger partial charge is 0.490 e. The van der Waals surface area contributed by atoms with Crippen LogP contribution in [0, 0.1) is 12.7 Å². The SMILES string of the molecule is Cc1cc(C(=O)N2CC[C@]3(c4ccc(F)cc4)OCOC3C2)ccc1OCC(C)(C)O. The molecule has 0 bridgehead atoms. The first-order valence-electron chi connectivity index (χ1n) is 10.4. The Labute approximate surface area is 181 Å². The van der Waals surface area contributed by atoms with Crippen LogP contribution in [-0.2, 0) is 15.1 Å². The Morgan fingerprint density at radius 3 is 2.71 bits per heavy atom. The molecule has 2 saturated heterocycles. The highest BCUT2D eigenvalue weighted by molar-refractivity contribution is 5.94. The van der Waals surface area contributed by atoms with Crippen LogP contribution in [0.5, 0.6) is 5.75 Å². The lowest BCUT2D eigenvalue weighted by atomic mass is 9.82. The van der Waals surface area contributed by atoms with Gasteiger partial charge < -0.3 is 24.2 Å². The van der Waals surface area contributed by atoms with Crippen LogP contribution in [0.4, 0.5) is 4.39 Å². The number of carbonyl (C=O) groups excluding carboxylic acids is 1. The number of halogens is 1. The fourth-order valence-corrected chi connectivity index (χ4v) is 4.19. The molecular weight excluding hydrogens is 401 g/mol. The summed E-state index contributed by atoms with van der Waals surface area (Å²) in [5, 5.41) is 9.85. The minimum atomic E-state index is -0.935. The summed E-state index contributed by atoms with van der Waals surface area (Å²) in [6.07, 6.45) is 0.256. The Morgan fingerprint density at radius 2 is 2.03 bits per heavy atom. The van der Waals surface area contributed by atoms with E-state index >= 15 is 0 Å². The number of hydrogen-bond donors (Lipinski definition) is 1. The summed E-state index contributed by atoms with van der Waals surface area (Å²) in [6, 6.07) is 11.6. The van der Waals surface area contributed by atoms with E-state index in [0.717, 1.165) is 11.1 Å². The molecule has 4 rings (SSSR count). The van der Waals surface area contributed by atoms with Gasteiger partial charge in [0.25, 0.3) is 5.91 Å². The van der Waals surface area contributed by atoms with Crippen LogP contribution in [0.15, 0.2) is 42.5 Å². The van der Waals surface area contributed by atoms with Gasteiger partial charge in [0.15, 0.2) is 0 Å². The lowest BCUT2D eigenvalue weighted by Gasteiger charge is -2.42. The molecule has 6 nitrogen and oxygen atoms in total. The summed E-state index contributed by atoms with van der Waals surface area (Å²) < 4.78 is 30.8. The highest BCUT2D eigenvalue weighted by Gasteiger charge is 2.51. The van der Waals surface area contributed by atoms with Crippen molar-refractivity contribution in [2.24, 2.45) is 0 Å². The zero-order chi connectivity index (χ0) is 22.2. The molecule has 31 heavy (non-hydrogen) atoms. The quantitative estimate of drug-likeness (QED) is 0.789. The second kappa shape index (κ2) is 8.22. The van der Waals surface area contributed by atoms with Crippen LogP contribution < -0.4 is 4.74 Å². The molecule has 1 N–H and O–H groups in total. The first-order chi connectivity index (χ1) is 14.7. The van der Waals surface area contributed by atoms with Crippen molar-refractivity contribution >= 4 is 5.91 Å². The third kappa shape index (κ3) is 4.44. The van der Waals surface area contributed by atoms with E-state index in [4.69, 9.17) is 14.2 Å². The predicted molar refractivity (Wildman–Crippen MR) is 112 cm³/mol. The number of aliphatic hydroxyl groups is 1. The molecule has 1 amide bonds. The van der Waals surface area contributed by atoms with Crippen molar-refractivity contribution in [1.82, 2.24) is 4.90 Å². The average molecular weight is 429 g/mol. The maximum atomic E-state index is 13.4. The van der Waals surface area contributed by atoms with E-state index in [-0.39, 0.29) is 31.2 Å². The minimum absolute atomic E-state index is 0.0830. The maximum Gasteiger partial charge on any atom is 0.253 e. The molecule has 2 heterocycles. The maximum absolute atomic E-state index is 13.4. The monoisotopic (exact) mass is 429 g/mol. The zero-order valence-electron chi connectivity index (χ0n) is 18.1. The van der Waals surface area contributed by atoms with Gasteiger partial charge in [0.05, 0.1) is 12.1 Å². The highest BCUT2D eigenvalue weighted by Crippen LogP contribution is 2.42. The lowest BCUT2D eigenvalue weighted by Crippen LogP contribution is -2.53. The molecule has 1 unspecified atom stereocenters. The molecule has 0 saturated carbocycles. The molecule has 166 valence electrons. The fraction of sp³-hybridized carbons (Fsp3) is 0.458. The van der Waals surface area contributed by atoms with E-state index in [9.17, 15) is 14.3 Å². The Hall–Kier alpha value is -2.48. The fourth-order valence-electron chi connectivity index (χ4n) is 4.19. The number of fused-ring (bicyclic) bond motifs is 1. The third-order valence-corrected chi connectivity index (χ3v) is 5.87. The number of nitrogens with zero attached hydrogens (tertiary/aromatic N) is 1. The molecule has 0 radical (unpaired) electrons. The van der Waals surface area contributed by atoms with Crippen molar-refractivity contribution < 1.29 is 28.5 Å². The number of benzene rings is 2. The van der Waals surface area contributed by atoms with Crippen molar-refractivity contribution in [2.75, 3.05) is 26.5 Å². The average Bonchev–Trinajstić information content (AvgIpc) is 3.16. The molecule has 2 aliphatic heterocycles. The Morgan fingerprint density at radius 1 is 1.29 bits per heavy atom. The van der Waals surface area contributed by atoms with Gasteiger partial charge in [0, 0.05) is 18.5 Å². The van der Waals surface area contributed by atoms with Crippen LogP contribution in [0.1, 0.15) is 41.8 Å². The van der Waals surface area contributed by atoms with Crippen molar-refractivity contribution in [3.05, 3.63) is 65.0 Å². The number of rotatable bonds is 5. The van der Waals surface area contributed by atoms with E-state index in [1.807, 2.05) is 6.92 Å². The number of likely N-dealkylation sites (tertiary alicyclic amines) is 1. The topological polar surface area (TPSA) is 68.2 Å². The van der Waals surface area contributed by atoms with Gasteiger partial charge in [-0.25, -0.2) is 4.39 Å². The number of ether oxygens (including phenoxy) is 3. The normalized spacial score (nSPS) is 23.5. The molecule has 0 aliphatic carbocycles. The second-order valence-corrected chi connectivity index (χ2v) is 8.90. The minimum Gasteiger partial charge on any atom is -0.490 e. The predicted octanol–water partition coefficient (Wildman–Crippen LogP) is 3.40. The van der Waals surface area contributed by atoms with Crippen molar-refractivity contribution in [3.8, 4) is 5.75 Å². The zero-order valence-corrected chi connectivity index (χ0v) is 18.1. The number of amides is 1. The summed E-state index contributed by atoms with van der Waals surface area (Å²) in [5.41, 5.74) is 0.673. The molecule has 2 aromatic rings. The van der Waals surface area contributed by atoms with E-state index in [2.05, 4.69) is 0 Å². The number of hydrogen-bond acceptors (Lipinski definition) is 5. The number of aryl methyl sites for hydroxylation is 1. The van der Waals surface area contributed by atoms with Crippen molar-refractivity contribution in [2.45, 2.75) is 44.5 Å². The summed E-state index contributed by atoms with van der Waals surface area (Å²) in [5.74, 6) is 0.258. The second-order valence-electron chi connectivity index (χ2n) is 8.90. The van der Waals surface area contributed by atoms with Crippen LogP contribution in [-0.4, -0.2) is 54.1 Å². The number of carbonyl (C=O) groups is 1. The van der Waals surface area contributed by atoms with E-state index in [1.165, 1.54) is 12.1 Å². The van der Waals surface area contributed by atoms with Gasteiger partial charge in [-0.05, 0) is 62.2 Å². The molecule has 2 atom stereocenters. The Kier molecular flexibility index (Phi) is 5.77. The molecule has 0 aromatic heterocycles. The van der Waals surface area contributed by atoms with Gasteiger partial charge in [-0.15, -0.1) is 0 Å². The van der Waals surface area contributed by atoms with Crippen LogP contribution in [0.3, 0.4) is 0 Å². The van der Waals surface area contributed by atoms with Crippen LogP contribution in [0.2, 0.25) is 0 Å². The third-order valence-electron chi connectivity index (χ3n) is 5.87. The Balaban J connectivity index is 1.47. The molecular formula is C24H28FNO5. The highest BCUT2D eigenvalue weighted by atomic mass is 19.1. The van der Waals surface area contributed by atoms with Crippen molar-refractivity contribution in [3.63, 3.8) is 0 Å². The summed E-state index contributed by atoms with van der Waals surface area (Å²) in [6.45, 7) is 6.45. The molecule has 0 spiro atoms. The van der Waals surface area contributed by atoms with Gasteiger partial charge >= 0.3 is 0 Å². The summed E-state index contributed by atoms with van der Waals surface area (Å²) >= 11 is 0. The van der Waals surface area contributed by atoms with Crippen LogP contribution >= 0.6 is 0 Å². The van der Waals surface area contributed by atoms with Gasteiger partial charge in [-0.1, -0.05) is 12.1 Å². The van der Waals surface area contributed by atoms with Crippen molar-refractivity contribution in [1.29, 1.82) is 0 Å². The van der Waals surface area contributed by atoms with Gasteiger partial charge in [0.1, 0.15) is 36.7 Å². The van der Waals surface area contributed by atoms with E-state index in [1.54, 1.807) is 49.1 Å². The Bertz CT molecular complexity index is 955. The van der Waals surface area contributed by atoms with Crippen LogP contribution in [0.25, 0.3) is 0 Å². The van der Waals surface area contributed by atoms with E-state index < -0.39 is 11.2 Å². The molecule has 2 aliphatic rings. The summed E-state index contributed by atoms with van der Waals surface area (Å²) in [7, 11) is 0. The molecule has 2 fully saturated rings. The van der Waals surface area contributed by atoms with Gasteiger partial charge in [-0.2, -0.15) is 0 Å². The standard InChI is InChI=1S/C24H28FNO5/c1-16-12-17(4-9-20(16)29-14-23(2,3)28)22(27)26-11-10-24(21(13-26)30-15-31-24)18-5-7-19(25)8-6-18/h4-9,12,21,28H,10-11,13-15H2,1-3H3/t21?,24-/m1/s1. The smallest absolute Gasteiger partial charge is 0.253 e. The summed E-state index contributed by atoms with van der Waals surface area (Å²) in [4.78, 5) is 14.9. The van der Waals surface area contributed by atoms with Gasteiger partial charge in [0.2, 0.25) is 0 Å². The lowest BCUT2D eigenvalue weighted by molar-refractivity contribution is -0.0439. The van der Waals surface area contributed by atoms with Gasteiger partial charge in [-0.3, -0.25) is 4.79 Å². The number of piperidine rings is 1. The molecule has 7 heteroatoms. The van der Waals surface area contributed by atoms with E-state index in [0.29, 0.717) is 30.8 Å². The molecule has 2 aromatic carbocycles. The first kappa shape index (κ1) is 21.7. The first-order valence-corrected chi connectivity index (χ1v) is 10.4.